The predicted molar refractivity (Wildman–Crippen MR) is 87.4 cm³/mol. The third kappa shape index (κ3) is 5.24. The lowest BCUT2D eigenvalue weighted by Crippen LogP contribution is -2.37. The molecule has 1 aromatic carbocycles. The van der Waals surface area contributed by atoms with Crippen molar-refractivity contribution in [3.63, 3.8) is 0 Å². The zero-order valence-electron chi connectivity index (χ0n) is 13.7. The van der Waals surface area contributed by atoms with E-state index >= 15 is 0 Å². The van der Waals surface area contributed by atoms with E-state index in [0.717, 1.165) is 0 Å². The van der Waals surface area contributed by atoms with Crippen LogP contribution in [0.25, 0.3) is 0 Å². The topological polar surface area (TPSA) is 113 Å². The zero-order valence-corrected chi connectivity index (χ0v) is 13.7. The highest BCUT2D eigenvalue weighted by atomic mass is 16.6. The number of amides is 2. The SMILES string of the molecule is CNC(=O)c1cc([N+](=O)[O-])ccc1NCCNC(=O)C(C)(C)C. The minimum atomic E-state index is -0.556. The summed E-state index contributed by atoms with van der Waals surface area (Å²) in [5.41, 5.74) is 0.0275. The maximum absolute atomic E-state index is 11.8. The van der Waals surface area contributed by atoms with Crippen molar-refractivity contribution in [2.75, 3.05) is 25.5 Å². The number of carbonyl (C=O) groups excluding carboxylic acids is 2. The van der Waals surface area contributed by atoms with Gasteiger partial charge in [0.25, 0.3) is 11.6 Å². The lowest BCUT2D eigenvalue weighted by Gasteiger charge is -2.18. The van der Waals surface area contributed by atoms with E-state index in [1.807, 2.05) is 20.8 Å². The molecule has 0 bridgehead atoms. The van der Waals surface area contributed by atoms with E-state index in [0.29, 0.717) is 18.8 Å². The molecule has 0 radical (unpaired) electrons. The Morgan fingerprint density at radius 2 is 1.87 bits per heavy atom. The standard InChI is InChI=1S/C15H22N4O4/c1-15(2,3)14(21)18-8-7-17-12-6-5-10(19(22)23)9-11(12)13(20)16-4/h5-6,9,17H,7-8H2,1-4H3,(H,16,20)(H,18,21). The molecule has 0 saturated heterocycles. The van der Waals surface area contributed by atoms with Gasteiger partial charge in [-0.3, -0.25) is 19.7 Å². The van der Waals surface area contributed by atoms with Crippen LogP contribution in [0.4, 0.5) is 11.4 Å². The van der Waals surface area contributed by atoms with E-state index < -0.39 is 16.2 Å². The summed E-state index contributed by atoms with van der Waals surface area (Å²) in [6.07, 6.45) is 0. The van der Waals surface area contributed by atoms with Gasteiger partial charge in [-0.25, -0.2) is 0 Å². The highest BCUT2D eigenvalue weighted by Gasteiger charge is 2.20. The fraction of sp³-hybridized carbons (Fsp3) is 0.467. The summed E-state index contributed by atoms with van der Waals surface area (Å²) < 4.78 is 0. The molecule has 3 N–H and O–H groups in total. The Bertz CT molecular complexity index is 608. The van der Waals surface area contributed by atoms with Crippen LogP contribution in [0.1, 0.15) is 31.1 Å². The Hall–Kier alpha value is -2.64. The first kappa shape index (κ1) is 18.4. The fourth-order valence-corrected chi connectivity index (χ4v) is 1.76. The summed E-state index contributed by atoms with van der Waals surface area (Å²) in [4.78, 5) is 33.8. The van der Waals surface area contributed by atoms with Crippen LogP contribution in [0.15, 0.2) is 18.2 Å². The Balaban J connectivity index is 2.74. The highest BCUT2D eigenvalue weighted by molar-refractivity contribution is 6.00. The molecule has 0 aliphatic carbocycles. The molecule has 0 aliphatic rings. The van der Waals surface area contributed by atoms with Gasteiger partial charge in [-0.2, -0.15) is 0 Å². The Morgan fingerprint density at radius 1 is 1.22 bits per heavy atom. The molecule has 23 heavy (non-hydrogen) atoms. The van der Waals surface area contributed by atoms with E-state index in [4.69, 9.17) is 0 Å². The van der Waals surface area contributed by atoms with E-state index in [1.54, 1.807) is 0 Å². The lowest BCUT2D eigenvalue weighted by molar-refractivity contribution is -0.384. The number of nitrogens with zero attached hydrogens (tertiary/aromatic N) is 1. The van der Waals surface area contributed by atoms with Crippen LogP contribution in [0, 0.1) is 15.5 Å². The summed E-state index contributed by atoms with van der Waals surface area (Å²) >= 11 is 0. The van der Waals surface area contributed by atoms with Crippen LogP contribution in [0.2, 0.25) is 0 Å². The van der Waals surface area contributed by atoms with E-state index in [-0.39, 0.29) is 17.2 Å². The third-order valence-electron chi connectivity index (χ3n) is 3.09. The maximum atomic E-state index is 11.8. The van der Waals surface area contributed by atoms with E-state index in [2.05, 4.69) is 16.0 Å². The Kier molecular flexibility index (Phi) is 6.06. The van der Waals surface area contributed by atoms with Gasteiger partial charge in [0.1, 0.15) is 0 Å². The van der Waals surface area contributed by atoms with E-state index in [9.17, 15) is 19.7 Å². The summed E-state index contributed by atoms with van der Waals surface area (Å²) in [5, 5.41) is 19.0. The van der Waals surface area contributed by atoms with Crippen LogP contribution < -0.4 is 16.0 Å². The second-order valence-electron chi connectivity index (χ2n) is 6.00. The van der Waals surface area contributed by atoms with Crippen molar-refractivity contribution in [3.8, 4) is 0 Å². The van der Waals surface area contributed by atoms with Crippen molar-refractivity contribution >= 4 is 23.2 Å². The molecule has 8 nitrogen and oxygen atoms in total. The molecular formula is C15H22N4O4. The minimum absolute atomic E-state index is 0.0745. The molecule has 0 saturated carbocycles. The van der Waals surface area contributed by atoms with Gasteiger partial charge in [-0.05, 0) is 6.07 Å². The van der Waals surface area contributed by atoms with Crippen LogP contribution in [0.5, 0.6) is 0 Å². The number of rotatable bonds is 6. The molecule has 0 aliphatic heterocycles. The first-order valence-corrected chi connectivity index (χ1v) is 7.19. The number of hydrogen-bond donors (Lipinski definition) is 3. The average Bonchev–Trinajstić information content (AvgIpc) is 2.49. The number of nitro groups is 1. The van der Waals surface area contributed by atoms with Crippen molar-refractivity contribution in [2.24, 2.45) is 5.41 Å². The first-order chi connectivity index (χ1) is 10.7. The summed E-state index contributed by atoms with van der Waals surface area (Å²) in [5.74, 6) is -0.496. The predicted octanol–water partition coefficient (Wildman–Crippen LogP) is 1.53. The quantitative estimate of drug-likeness (QED) is 0.417. The van der Waals surface area contributed by atoms with Crippen LogP contribution in [0.3, 0.4) is 0 Å². The fourth-order valence-electron chi connectivity index (χ4n) is 1.76. The minimum Gasteiger partial charge on any atom is -0.383 e. The molecule has 0 atom stereocenters. The normalized spacial score (nSPS) is 10.8. The van der Waals surface area contributed by atoms with Gasteiger partial charge in [0.05, 0.1) is 10.5 Å². The summed E-state index contributed by atoms with van der Waals surface area (Å²) in [7, 11) is 1.45. The van der Waals surface area contributed by atoms with Gasteiger partial charge < -0.3 is 16.0 Å². The largest absolute Gasteiger partial charge is 0.383 e. The number of anilines is 1. The van der Waals surface area contributed by atoms with Crippen molar-refractivity contribution in [2.45, 2.75) is 20.8 Å². The number of hydrogen-bond acceptors (Lipinski definition) is 5. The summed E-state index contributed by atoms with van der Waals surface area (Å²) in [6, 6.07) is 4.02. The van der Waals surface area contributed by atoms with Gasteiger partial charge in [0.15, 0.2) is 0 Å². The van der Waals surface area contributed by atoms with Crippen molar-refractivity contribution in [3.05, 3.63) is 33.9 Å². The smallest absolute Gasteiger partial charge is 0.270 e. The number of non-ortho nitro benzene ring substituents is 1. The second kappa shape index (κ2) is 7.57. The molecule has 1 aromatic rings. The molecule has 0 spiro atoms. The molecule has 8 heteroatoms. The van der Waals surface area contributed by atoms with Crippen LogP contribution >= 0.6 is 0 Å². The van der Waals surface area contributed by atoms with Crippen molar-refractivity contribution in [1.82, 2.24) is 10.6 Å². The molecule has 0 unspecified atom stereocenters. The Labute approximate surface area is 134 Å². The molecule has 0 fully saturated rings. The molecular weight excluding hydrogens is 300 g/mol. The number of carbonyl (C=O) groups is 2. The molecule has 1 rings (SSSR count). The van der Waals surface area contributed by atoms with Gasteiger partial charge >= 0.3 is 0 Å². The van der Waals surface area contributed by atoms with Gasteiger partial charge in [-0.1, -0.05) is 20.8 Å². The number of benzene rings is 1. The van der Waals surface area contributed by atoms with Crippen molar-refractivity contribution < 1.29 is 14.5 Å². The van der Waals surface area contributed by atoms with Gasteiger partial charge in [0, 0.05) is 43.4 Å². The van der Waals surface area contributed by atoms with E-state index in [1.165, 1.54) is 25.2 Å². The van der Waals surface area contributed by atoms with Crippen LogP contribution in [-0.4, -0.2) is 36.9 Å². The molecule has 0 heterocycles. The van der Waals surface area contributed by atoms with Gasteiger partial charge in [0.2, 0.25) is 5.91 Å². The van der Waals surface area contributed by atoms with Gasteiger partial charge in [-0.15, -0.1) is 0 Å². The average molecular weight is 322 g/mol. The molecule has 2 amide bonds. The third-order valence-corrected chi connectivity index (χ3v) is 3.09. The number of nitrogens with one attached hydrogen (secondary N) is 3. The zero-order chi connectivity index (χ0) is 17.6. The van der Waals surface area contributed by atoms with Crippen LogP contribution in [-0.2, 0) is 4.79 Å². The second-order valence-corrected chi connectivity index (χ2v) is 6.00. The number of nitro benzene ring substituents is 1. The monoisotopic (exact) mass is 322 g/mol. The first-order valence-electron chi connectivity index (χ1n) is 7.19. The maximum Gasteiger partial charge on any atom is 0.270 e. The molecule has 0 aromatic heterocycles. The molecule has 126 valence electrons. The summed E-state index contributed by atoms with van der Waals surface area (Å²) in [6.45, 7) is 6.21. The Morgan fingerprint density at radius 3 is 2.39 bits per heavy atom. The lowest BCUT2D eigenvalue weighted by atomic mass is 9.96. The highest BCUT2D eigenvalue weighted by Crippen LogP contribution is 2.22. The van der Waals surface area contributed by atoms with Crippen molar-refractivity contribution in [1.29, 1.82) is 0 Å².